The number of rotatable bonds is 7. The first-order valence-corrected chi connectivity index (χ1v) is 9.88. The molecule has 0 fully saturated rings. The second kappa shape index (κ2) is 8.41. The topological polar surface area (TPSA) is 35.2 Å². The van der Waals surface area contributed by atoms with Gasteiger partial charge in [0.15, 0.2) is 0 Å². The normalized spacial score (nSPS) is 18.3. The molecule has 2 N–H and O–H groups in total. The molecule has 2 heteroatoms. The van der Waals surface area contributed by atoms with E-state index in [2.05, 4.69) is 60.7 Å². The lowest BCUT2D eigenvalue weighted by Gasteiger charge is -2.16. The molecule has 0 aliphatic heterocycles. The van der Waals surface area contributed by atoms with Gasteiger partial charge in [-0.2, -0.15) is 0 Å². The van der Waals surface area contributed by atoms with E-state index in [0.717, 1.165) is 31.4 Å². The predicted molar refractivity (Wildman–Crippen MR) is 111 cm³/mol. The average Bonchev–Trinajstić information content (AvgIpc) is 3.03. The third-order valence-corrected chi connectivity index (χ3v) is 5.58. The molecule has 0 amide bonds. The van der Waals surface area contributed by atoms with Crippen LogP contribution in [-0.2, 0) is 19.4 Å². The summed E-state index contributed by atoms with van der Waals surface area (Å²) in [5, 5.41) is 0. The Kier molecular flexibility index (Phi) is 5.55. The molecule has 1 aliphatic rings. The highest BCUT2D eigenvalue weighted by atomic mass is 16.5. The lowest BCUT2D eigenvalue weighted by molar-refractivity contribution is 0.306. The maximum Gasteiger partial charge on any atom is 0.119 e. The number of hydrogen-bond donors (Lipinski definition) is 1. The van der Waals surface area contributed by atoms with Crippen LogP contribution < -0.4 is 10.5 Å². The Balaban J connectivity index is 1.27. The summed E-state index contributed by atoms with van der Waals surface area (Å²) in [7, 11) is 0. The highest BCUT2D eigenvalue weighted by Crippen LogP contribution is 2.35. The standard InChI is InChI=1S/C25H27NO/c26-25-17-21-10-4-5-11-23(21)24(25)12-6-9-19-13-15-22(16-14-19)27-18-20-7-2-1-3-8-20/h1-5,7-8,10-11,13-16,24-25H,6,9,12,17-18,26H2. The van der Waals surface area contributed by atoms with Crippen molar-refractivity contribution in [2.75, 3.05) is 0 Å². The van der Waals surface area contributed by atoms with Crippen LogP contribution in [-0.4, -0.2) is 6.04 Å². The van der Waals surface area contributed by atoms with Gasteiger partial charge in [-0.15, -0.1) is 0 Å². The second-order valence-electron chi connectivity index (χ2n) is 7.48. The fourth-order valence-corrected chi connectivity index (χ4v) is 4.10. The molecule has 1 aliphatic carbocycles. The van der Waals surface area contributed by atoms with Crippen LogP contribution in [0.1, 0.15) is 41.0 Å². The van der Waals surface area contributed by atoms with Crippen molar-refractivity contribution in [1.82, 2.24) is 0 Å². The van der Waals surface area contributed by atoms with Crippen molar-refractivity contribution < 1.29 is 4.74 Å². The number of nitrogens with two attached hydrogens (primary N) is 1. The summed E-state index contributed by atoms with van der Waals surface area (Å²) in [5.74, 6) is 1.43. The van der Waals surface area contributed by atoms with E-state index in [0.29, 0.717) is 12.5 Å². The fourth-order valence-electron chi connectivity index (χ4n) is 4.10. The molecule has 0 radical (unpaired) electrons. The highest BCUT2D eigenvalue weighted by Gasteiger charge is 2.28. The average molecular weight is 357 g/mol. The van der Waals surface area contributed by atoms with Crippen LogP contribution in [0.15, 0.2) is 78.9 Å². The van der Waals surface area contributed by atoms with E-state index in [4.69, 9.17) is 10.5 Å². The third-order valence-electron chi connectivity index (χ3n) is 5.58. The number of fused-ring (bicyclic) bond motifs is 1. The summed E-state index contributed by atoms with van der Waals surface area (Å²) in [6.45, 7) is 0.610. The predicted octanol–water partition coefficient (Wildman–Crippen LogP) is 5.26. The van der Waals surface area contributed by atoms with Gasteiger partial charge in [0.2, 0.25) is 0 Å². The molecule has 0 heterocycles. The van der Waals surface area contributed by atoms with Gasteiger partial charge in [0.1, 0.15) is 12.4 Å². The Bertz CT molecular complexity index is 857. The molecule has 0 aromatic heterocycles. The molecule has 2 unspecified atom stereocenters. The zero-order valence-electron chi connectivity index (χ0n) is 15.7. The molecule has 3 aromatic rings. The van der Waals surface area contributed by atoms with E-state index in [1.54, 1.807) is 0 Å². The van der Waals surface area contributed by atoms with Gasteiger partial charge in [-0.05, 0) is 66.0 Å². The Morgan fingerprint density at radius 3 is 2.37 bits per heavy atom. The van der Waals surface area contributed by atoms with Gasteiger partial charge in [0, 0.05) is 6.04 Å². The van der Waals surface area contributed by atoms with Gasteiger partial charge < -0.3 is 10.5 Å². The number of hydrogen-bond acceptors (Lipinski definition) is 2. The van der Waals surface area contributed by atoms with Crippen LogP contribution in [0.4, 0.5) is 0 Å². The molecule has 3 aromatic carbocycles. The van der Waals surface area contributed by atoms with Gasteiger partial charge in [-0.3, -0.25) is 0 Å². The molecular formula is C25H27NO. The highest BCUT2D eigenvalue weighted by molar-refractivity contribution is 5.37. The van der Waals surface area contributed by atoms with Crippen molar-refractivity contribution in [3.8, 4) is 5.75 Å². The summed E-state index contributed by atoms with van der Waals surface area (Å²) in [6.07, 6.45) is 4.43. The molecule has 2 nitrogen and oxygen atoms in total. The van der Waals surface area contributed by atoms with E-state index in [9.17, 15) is 0 Å². The van der Waals surface area contributed by atoms with Crippen LogP contribution in [0, 0.1) is 0 Å². The molecule has 0 bridgehead atoms. The van der Waals surface area contributed by atoms with Crippen molar-refractivity contribution in [2.45, 2.75) is 44.2 Å². The molecule has 0 saturated carbocycles. The maximum atomic E-state index is 6.39. The summed E-state index contributed by atoms with van der Waals surface area (Å²) >= 11 is 0. The maximum absolute atomic E-state index is 6.39. The summed E-state index contributed by atoms with van der Waals surface area (Å²) in [4.78, 5) is 0. The third kappa shape index (κ3) is 4.40. The van der Waals surface area contributed by atoms with Crippen LogP contribution in [0.2, 0.25) is 0 Å². The Morgan fingerprint density at radius 1 is 0.815 bits per heavy atom. The van der Waals surface area contributed by atoms with Crippen molar-refractivity contribution >= 4 is 0 Å². The summed E-state index contributed by atoms with van der Waals surface area (Å²) in [6, 6.07) is 27.8. The van der Waals surface area contributed by atoms with E-state index >= 15 is 0 Å². The van der Waals surface area contributed by atoms with Crippen molar-refractivity contribution in [3.05, 3.63) is 101 Å². The first kappa shape index (κ1) is 17.8. The van der Waals surface area contributed by atoms with Crippen LogP contribution in [0.5, 0.6) is 5.75 Å². The molecule has 0 saturated heterocycles. The quantitative estimate of drug-likeness (QED) is 0.626. The Hall–Kier alpha value is -2.58. The van der Waals surface area contributed by atoms with Crippen molar-refractivity contribution in [1.29, 1.82) is 0 Å². The summed E-state index contributed by atoms with van der Waals surface area (Å²) in [5.41, 5.74) is 11.9. The smallest absolute Gasteiger partial charge is 0.119 e. The SMILES string of the molecule is NC1Cc2ccccc2C1CCCc1ccc(OCc2ccccc2)cc1. The minimum absolute atomic E-state index is 0.274. The lowest BCUT2D eigenvalue weighted by Crippen LogP contribution is -2.25. The molecule has 0 spiro atoms. The molecule has 4 rings (SSSR count). The van der Waals surface area contributed by atoms with Crippen LogP contribution in [0.25, 0.3) is 0 Å². The molecule has 27 heavy (non-hydrogen) atoms. The van der Waals surface area contributed by atoms with Crippen LogP contribution in [0.3, 0.4) is 0 Å². The van der Waals surface area contributed by atoms with Crippen molar-refractivity contribution in [2.24, 2.45) is 5.73 Å². The first-order valence-electron chi connectivity index (χ1n) is 9.88. The van der Waals surface area contributed by atoms with E-state index in [1.807, 2.05) is 18.2 Å². The van der Waals surface area contributed by atoms with Gasteiger partial charge in [-0.25, -0.2) is 0 Å². The molecule has 2 atom stereocenters. The minimum atomic E-state index is 0.274. The lowest BCUT2D eigenvalue weighted by atomic mass is 9.92. The van der Waals surface area contributed by atoms with Gasteiger partial charge in [0.05, 0.1) is 0 Å². The van der Waals surface area contributed by atoms with Gasteiger partial charge >= 0.3 is 0 Å². The number of ether oxygens (including phenoxy) is 1. The minimum Gasteiger partial charge on any atom is -0.489 e. The van der Waals surface area contributed by atoms with Crippen molar-refractivity contribution in [3.63, 3.8) is 0 Å². The Morgan fingerprint density at radius 2 is 1.56 bits per heavy atom. The van der Waals surface area contributed by atoms with Gasteiger partial charge in [-0.1, -0.05) is 66.7 Å². The largest absolute Gasteiger partial charge is 0.489 e. The number of aryl methyl sites for hydroxylation is 1. The number of benzene rings is 3. The van der Waals surface area contributed by atoms with Gasteiger partial charge in [0.25, 0.3) is 0 Å². The van der Waals surface area contributed by atoms with E-state index < -0.39 is 0 Å². The summed E-state index contributed by atoms with van der Waals surface area (Å²) < 4.78 is 5.87. The zero-order valence-corrected chi connectivity index (χ0v) is 15.7. The van der Waals surface area contributed by atoms with Crippen LogP contribution >= 0.6 is 0 Å². The molecule has 138 valence electrons. The molecular weight excluding hydrogens is 330 g/mol. The fraction of sp³-hybridized carbons (Fsp3) is 0.280. The van der Waals surface area contributed by atoms with E-state index in [-0.39, 0.29) is 6.04 Å². The monoisotopic (exact) mass is 357 g/mol. The second-order valence-corrected chi connectivity index (χ2v) is 7.48. The first-order chi connectivity index (χ1) is 13.3. The zero-order chi connectivity index (χ0) is 18.5. The van der Waals surface area contributed by atoms with E-state index in [1.165, 1.54) is 22.3 Å². The Labute approximate surface area is 162 Å².